The van der Waals surface area contributed by atoms with Gasteiger partial charge in [-0.25, -0.2) is 4.90 Å². The van der Waals surface area contributed by atoms with Gasteiger partial charge in [0, 0.05) is 16.4 Å². The highest BCUT2D eigenvalue weighted by Crippen LogP contribution is 2.26. The Bertz CT molecular complexity index is 476. The summed E-state index contributed by atoms with van der Waals surface area (Å²) in [7, 11) is 0. The second-order valence-electron chi connectivity index (χ2n) is 3.47. The van der Waals surface area contributed by atoms with Crippen LogP contribution in [-0.4, -0.2) is 27.4 Å². The predicted molar refractivity (Wildman–Crippen MR) is 72.6 cm³/mol. The lowest BCUT2D eigenvalue weighted by atomic mass is 10.1. The molecule has 2 amide bonds. The summed E-state index contributed by atoms with van der Waals surface area (Å²) in [6, 6.07) is 6.87. The Morgan fingerprint density at radius 1 is 1.12 bits per heavy atom. The van der Waals surface area contributed by atoms with Gasteiger partial charge < -0.3 is 0 Å². The van der Waals surface area contributed by atoms with E-state index in [-0.39, 0.29) is 11.8 Å². The molecule has 5 heteroatoms. The van der Waals surface area contributed by atoms with Crippen molar-refractivity contribution in [3.63, 3.8) is 0 Å². The zero-order valence-electron chi connectivity index (χ0n) is 8.82. The van der Waals surface area contributed by atoms with Gasteiger partial charge in [-0.15, -0.1) is 0 Å². The highest BCUT2D eigenvalue weighted by molar-refractivity contribution is 9.09. The number of allylic oxidation sites excluding steroid dienone is 2. The van der Waals surface area contributed by atoms with Gasteiger partial charge in [-0.1, -0.05) is 50.1 Å². The van der Waals surface area contributed by atoms with Crippen molar-refractivity contribution in [1.82, 2.24) is 4.90 Å². The zero-order valence-corrected chi connectivity index (χ0v) is 12.0. The van der Waals surface area contributed by atoms with E-state index in [1.165, 1.54) is 4.90 Å². The van der Waals surface area contributed by atoms with E-state index in [0.29, 0.717) is 27.5 Å². The summed E-state index contributed by atoms with van der Waals surface area (Å²) in [6.07, 6.45) is 1.80. The number of imide groups is 1. The Balaban J connectivity index is 2.46. The van der Waals surface area contributed by atoms with Crippen molar-refractivity contribution < 1.29 is 9.59 Å². The maximum Gasteiger partial charge on any atom is 0.265 e. The molecule has 0 N–H and O–H groups in total. The Labute approximate surface area is 116 Å². The molecule has 1 aromatic carbocycles. The first-order valence-electron chi connectivity index (χ1n) is 4.99. The van der Waals surface area contributed by atoms with Gasteiger partial charge in [0.1, 0.15) is 0 Å². The lowest BCUT2D eigenvalue weighted by molar-refractivity contribution is 0.0705. The lowest BCUT2D eigenvalue weighted by Crippen LogP contribution is -2.29. The smallest absolute Gasteiger partial charge is 0.265 e. The van der Waals surface area contributed by atoms with Crippen molar-refractivity contribution in [2.75, 3.05) is 10.7 Å². The molecular weight excluding hydrogens is 350 g/mol. The van der Waals surface area contributed by atoms with Gasteiger partial charge in [0.05, 0.1) is 11.1 Å². The van der Waals surface area contributed by atoms with E-state index in [9.17, 15) is 9.59 Å². The summed E-state index contributed by atoms with van der Waals surface area (Å²) in [6.45, 7) is 0. The molecule has 1 aliphatic heterocycles. The summed E-state index contributed by atoms with van der Waals surface area (Å²) < 4.78 is 0. The minimum absolute atomic E-state index is 0.253. The number of alkyl halides is 2. The second kappa shape index (κ2) is 5.14. The molecule has 0 atom stereocenters. The van der Waals surface area contributed by atoms with Crippen LogP contribution in [0.25, 0.3) is 0 Å². The molecule has 0 radical (unpaired) electrons. The third-order valence-corrected chi connectivity index (χ3v) is 3.43. The number of carbonyl (C=O) groups is 2. The standard InChI is InChI=1S/C12H9Br2NO2/c13-6-5-8(7-14)15-11(16)9-3-1-2-4-10(9)12(15)17/h1-5H,6-7H2. The predicted octanol–water partition coefficient (Wildman–Crippen LogP) is 2.96. The maximum absolute atomic E-state index is 12.1. The molecule has 88 valence electrons. The van der Waals surface area contributed by atoms with E-state index in [4.69, 9.17) is 0 Å². The first kappa shape index (κ1) is 12.5. The quantitative estimate of drug-likeness (QED) is 0.615. The van der Waals surface area contributed by atoms with Crippen LogP contribution in [0, 0.1) is 0 Å². The molecule has 0 spiro atoms. The molecule has 0 saturated heterocycles. The van der Waals surface area contributed by atoms with Gasteiger partial charge in [0.15, 0.2) is 0 Å². The summed E-state index contributed by atoms with van der Waals surface area (Å²) in [5.41, 5.74) is 1.60. The van der Waals surface area contributed by atoms with Crippen LogP contribution in [0.1, 0.15) is 20.7 Å². The van der Waals surface area contributed by atoms with Gasteiger partial charge in [-0.3, -0.25) is 9.59 Å². The number of nitrogens with zero attached hydrogens (tertiary/aromatic N) is 1. The number of rotatable bonds is 3. The molecule has 0 saturated carbocycles. The number of hydrogen-bond donors (Lipinski definition) is 0. The number of carbonyl (C=O) groups excluding carboxylic acids is 2. The van der Waals surface area contributed by atoms with Gasteiger partial charge in [-0.2, -0.15) is 0 Å². The van der Waals surface area contributed by atoms with Crippen LogP contribution in [0.15, 0.2) is 36.0 Å². The number of hydrogen-bond acceptors (Lipinski definition) is 2. The molecule has 1 heterocycles. The highest BCUT2D eigenvalue weighted by Gasteiger charge is 2.36. The van der Waals surface area contributed by atoms with Crippen LogP contribution in [0.4, 0.5) is 0 Å². The molecule has 1 aliphatic rings. The van der Waals surface area contributed by atoms with E-state index >= 15 is 0 Å². The Hall–Kier alpha value is -0.940. The largest absolute Gasteiger partial charge is 0.268 e. The molecule has 3 nitrogen and oxygen atoms in total. The van der Waals surface area contributed by atoms with Crippen molar-refractivity contribution >= 4 is 43.7 Å². The van der Waals surface area contributed by atoms with Crippen molar-refractivity contribution in [3.05, 3.63) is 47.2 Å². The highest BCUT2D eigenvalue weighted by atomic mass is 79.9. The van der Waals surface area contributed by atoms with Crippen LogP contribution in [0.3, 0.4) is 0 Å². The Morgan fingerprint density at radius 3 is 2.06 bits per heavy atom. The monoisotopic (exact) mass is 357 g/mol. The minimum Gasteiger partial charge on any atom is -0.268 e. The summed E-state index contributed by atoms with van der Waals surface area (Å²) in [5.74, 6) is -0.505. The first-order chi connectivity index (χ1) is 8.20. The molecule has 17 heavy (non-hydrogen) atoms. The molecule has 0 unspecified atom stereocenters. The normalized spacial score (nSPS) is 15.4. The fourth-order valence-electron chi connectivity index (χ4n) is 1.74. The molecular formula is C12H9Br2NO2. The molecule has 1 aromatic rings. The number of halogens is 2. The first-order valence-corrected chi connectivity index (χ1v) is 7.23. The number of benzene rings is 1. The Morgan fingerprint density at radius 2 is 1.65 bits per heavy atom. The third-order valence-electron chi connectivity index (χ3n) is 2.53. The van der Waals surface area contributed by atoms with Crippen molar-refractivity contribution in [2.45, 2.75) is 0 Å². The van der Waals surface area contributed by atoms with Crippen molar-refractivity contribution in [1.29, 1.82) is 0 Å². The molecule has 0 bridgehead atoms. The van der Waals surface area contributed by atoms with Gasteiger partial charge >= 0.3 is 0 Å². The van der Waals surface area contributed by atoms with Crippen LogP contribution >= 0.6 is 31.9 Å². The van der Waals surface area contributed by atoms with Crippen molar-refractivity contribution in [3.8, 4) is 0 Å². The van der Waals surface area contributed by atoms with Crippen LogP contribution in [0.2, 0.25) is 0 Å². The maximum atomic E-state index is 12.1. The van der Waals surface area contributed by atoms with Crippen LogP contribution in [0.5, 0.6) is 0 Å². The van der Waals surface area contributed by atoms with E-state index in [0.717, 1.165) is 0 Å². The summed E-state index contributed by atoms with van der Waals surface area (Å²) in [5, 5.41) is 1.06. The van der Waals surface area contributed by atoms with Gasteiger partial charge in [0.25, 0.3) is 11.8 Å². The SMILES string of the molecule is O=C1c2ccccc2C(=O)N1C(=CCBr)CBr. The molecule has 0 aliphatic carbocycles. The zero-order chi connectivity index (χ0) is 12.4. The number of amides is 2. The van der Waals surface area contributed by atoms with Crippen LogP contribution < -0.4 is 0 Å². The summed E-state index contributed by atoms with van der Waals surface area (Å²) >= 11 is 6.56. The van der Waals surface area contributed by atoms with Gasteiger partial charge in [0.2, 0.25) is 0 Å². The number of fused-ring (bicyclic) bond motifs is 1. The lowest BCUT2D eigenvalue weighted by Gasteiger charge is -2.15. The second-order valence-corrected chi connectivity index (χ2v) is 4.68. The van der Waals surface area contributed by atoms with Crippen molar-refractivity contribution in [2.24, 2.45) is 0 Å². The molecule has 2 rings (SSSR count). The Kier molecular flexibility index (Phi) is 3.79. The van der Waals surface area contributed by atoms with E-state index < -0.39 is 0 Å². The molecule has 0 aromatic heterocycles. The van der Waals surface area contributed by atoms with E-state index in [1.54, 1.807) is 30.3 Å². The summed E-state index contributed by atoms with van der Waals surface area (Å²) in [4.78, 5) is 25.4. The average Bonchev–Trinajstić information content (AvgIpc) is 2.61. The van der Waals surface area contributed by atoms with E-state index in [2.05, 4.69) is 31.9 Å². The fraction of sp³-hybridized carbons (Fsp3) is 0.167. The minimum atomic E-state index is -0.253. The fourth-order valence-corrected chi connectivity index (χ4v) is 2.60. The van der Waals surface area contributed by atoms with E-state index in [1.807, 2.05) is 0 Å². The third kappa shape index (κ3) is 2.09. The average molecular weight is 359 g/mol. The molecule has 0 fully saturated rings. The van der Waals surface area contributed by atoms with Crippen LogP contribution in [-0.2, 0) is 0 Å². The van der Waals surface area contributed by atoms with Gasteiger partial charge in [-0.05, 0) is 12.1 Å². The topological polar surface area (TPSA) is 37.4 Å².